The van der Waals surface area contributed by atoms with Crippen LogP contribution in [0.1, 0.15) is 19.4 Å². The molecular formula is C20H24ClN3O4S. The van der Waals surface area contributed by atoms with E-state index in [-0.39, 0.29) is 10.7 Å². The fourth-order valence-electron chi connectivity index (χ4n) is 2.29. The fraction of sp³-hybridized carbons (Fsp3) is 0.300. The molecule has 2 aromatic rings. The number of rotatable bonds is 9. The van der Waals surface area contributed by atoms with E-state index in [1.807, 2.05) is 12.1 Å². The zero-order valence-electron chi connectivity index (χ0n) is 16.5. The summed E-state index contributed by atoms with van der Waals surface area (Å²) in [5.74, 6) is 0.593. The van der Waals surface area contributed by atoms with E-state index in [0.29, 0.717) is 12.5 Å². The molecule has 0 saturated heterocycles. The van der Waals surface area contributed by atoms with Gasteiger partial charge in [-0.25, -0.2) is 13.8 Å². The molecule has 156 valence electrons. The lowest BCUT2D eigenvalue weighted by atomic mass is 10.2. The molecule has 1 N–H and O–H groups in total. The molecule has 29 heavy (non-hydrogen) atoms. The number of benzene rings is 2. The number of nitrogens with zero attached hydrogens (tertiary/aromatic N) is 2. The molecule has 0 spiro atoms. The average Bonchev–Trinajstić information content (AvgIpc) is 2.65. The zero-order valence-corrected chi connectivity index (χ0v) is 18.1. The van der Waals surface area contributed by atoms with Crippen molar-refractivity contribution in [2.45, 2.75) is 13.8 Å². The van der Waals surface area contributed by atoms with Crippen LogP contribution in [0.2, 0.25) is 5.02 Å². The molecule has 0 aromatic heterocycles. The second-order valence-corrected chi connectivity index (χ2v) is 9.10. The number of hydrazone groups is 1. The van der Waals surface area contributed by atoms with Gasteiger partial charge in [0.2, 0.25) is 10.0 Å². The number of sulfonamides is 1. The second kappa shape index (κ2) is 10.3. The molecule has 2 rings (SSSR count). The third-order valence-corrected chi connectivity index (χ3v) is 5.12. The largest absolute Gasteiger partial charge is 0.493 e. The first-order valence-electron chi connectivity index (χ1n) is 8.94. The third-order valence-electron chi connectivity index (χ3n) is 3.67. The number of ether oxygens (including phenoxy) is 1. The summed E-state index contributed by atoms with van der Waals surface area (Å²) in [6.07, 6.45) is 2.47. The Morgan fingerprint density at radius 1 is 1.21 bits per heavy atom. The van der Waals surface area contributed by atoms with Crippen LogP contribution in [0.15, 0.2) is 53.6 Å². The third kappa shape index (κ3) is 7.40. The molecule has 1 amide bonds. The zero-order chi connectivity index (χ0) is 21.4. The summed E-state index contributed by atoms with van der Waals surface area (Å²) in [7, 11) is -3.71. The molecule has 0 heterocycles. The van der Waals surface area contributed by atoms with Crippen LogP contribution in [0.25, 0.3) is 0 Å². The molecule has 0 fully saturated rings. The quantitative estimate of drug-likeness (QED) is 0.481. The van der Waals surface area contributed by atoms with Crippen molar-refractivity contribution in [1.29, 1.82) is 0 Å². The maximum atomic E-state index is 12.2. The van der Waals surface area contributed by atoms with Gasteiger partial charge in [-0.15, -0.1) is 0 Å². The highest BCUT2D eigenvalue weighted by Crippen LogP contribution is 2.26. The highest BCUT2D eigenvalue weighted by Gasteiger charge is 2.22. The Bertz CT molecular complexity index is 960. The van der Waals surface area contributed by atoms with Gasteiger partial charge in [0.25, 0.3) is 5.91 Å². The molecule has 0 aliphatic heterocycles. The topological polar surface area (TPSA) is 88.1 Å². The van der Waals surface area contributed by atoms with Crippen LogP contribution >= 0.6 is 11.6 Å². The lowest BCUT2D eigenvalue weighted by molar-refractivity contribution is -0.119. The monoisotopic (exact) mass is 437 g/mol. The molecule has 0 atom stereocenters. The van der Waals surface area contributed by atoms with Crippen molar-refractivity contribution in [3.8, 4) is 5.75 Å². The summed E-state index contributed by atoms with van der Waals surface area (Å²) in [5, 5.41) is 4.11. The van der Waals surface area contributed by atoms with Gasteiger partial charge in [-0.05, 0) is 47.9 Å². The van der Waals surface area contributed by atoms with Gasteiger partial charge in [0.05, 0.1) is 29.8 Å². The maximum Gasteiger partial charge on any atom is 0.260 e. The second-order valence-electron chi connectivity index (χ2n) is 6.79. The molecule has 2 aromatic carbocycles. The van der Waals surface area contributed by atoms with E-state index in [1.54, 1.807) is 30.3 Å². The highest BCUT2D eigenvalue weighted by atomic mass is 35.5. The number of hydrogen-bond acceptors (Lipinski definition) is 5. The van der Waals surface area contributed by atoms with Gasteiger partial charge in [0, 0.05) is 0 Å². The number of carbonyl (C=O) groups is 1. The average molecular weight is 438 g/mol. The van der Waals surface area contributed by atoms with Crippen LogP contribution in [0.3, 0.4) is 0 Å². The molecule has 7 nitrogen and oxygen atoms in total. The standard InChI is InChI=1S/C20H24ClN3O4S/c1-15(2)14-28-17-10-8-16(9-11-17)12-22-23-20(25)13-24(29(3,26)27)19-7-5-4-6-18(19)21/h4-12,15H,13-14H2,1-3H3,(H,23,25)/b22-12-. The van der Waals surface area contributed by atoms with Crippen molar-refractivity contribution in [3.63, 3.8) is 0 Å². The molecule has 0 radical (unpaired) electrons. The highest BCUT2D eigenvalue weighted by molar-refractivity contribution is 7.92. The van der Waals surface area contributed by atoms with E-state index < -0.39 is 22.5 Å². The number of amides is 1. The molecular weight excluding hydrogens is 414 g/mol. The Morgan fingerprint density at radius 3 is 2.45 bits per heavy atom. The van der Waals surface area contributed by atoms with E-state index in [1.165, 1.54) is 12.3 Å². The molecule has 0 aliphatic carbocycles. The molecule has 0 saturated carbocycles. The van der Waals surface area contributed by atoms with Crippen molar-refractivity contribution < 1.29 is 17.9 Å². The van der Waals surface area contributed by atoms with Gasteiger partial charge in [-0.2, -0.15) is 5.10 Å². The number of hydrogen-bond donors (Lipinski definition) is 1. The molecule has 0 bridgehead atoms. The van der Waals surface area contributed by atoms with Crippen molar-refractivity contribution in [1.82, 2.24) is 5.43 Å². The van der Waals surface area contributed by atoms with Gasteiger partial charge in [-0.3, -0.25) is 9.10 Å². The first-order chi connectivity index (χ1) is 13.7. The summed E-state index contributed by atoms with van der Waals surface area (Å²) in [6, 6.07) is 13.6. The van der Waals surface area contributed by atoms with Gasteiger partial charge >= 0.3 is 0 Å². The first-order valence-corrected chi connectivity index (χ1v) is 11.2. The number of para-hydroxylation sites is 1. The van der Waals surface area contributed by atoms with Crippen molar-refractivity contribution >= 4 is 39.4 Å². The number of halogens is 1. The van der Waals surface area contributed by atoms with Crippen LogP contribution in [0, 0.1) is 5.92 Å². The van der Waals surface area contributed by atoms with Gasteiger partial charge < -0.3 is 4.74 Å². The Morgan fingerprint density at radius 2 is 1.86 bits per heavy atom. The Balaban J connectivity index is 1.98. The van der Waals surface area contributed by atoms with E-state index in [4.69, 9.17) is 16.3 Å². The van der Waals surface area contributed by atoms with Crippen molar-refractivity contribution in [2.24, 2.45) is 11.0 Å². The predicted molar refractivity (Wildman–Crippen MR) is 116 cm³/mol. The maximum absolute atomic E-state index is 12.2. The smallest absolute Gasteiger partial charge is 0.260 e. The summed E-state index contributed by atoms with van der Waals surface area (Å²) in [6.45, 7) is 4.33. The summed E-state index contributed by atoms with van der Waals surface area (Å²) in [5.41, 5.74) is 3.31. The van der Waals surface area contributed by atoms with Crippen LogP contribution in [0.4, 0.5) is 5.69 Å². The Kier molecular flexibility index (Phi) is 8.04. The molecule has 0 aliphatic rings. The number of carbonyl (C=O) groups excluding carboxylic acids is 1. The summed E-state index contributed by atoms with van der Waals surface area (Å²) >= 11 is 6.07. The Hall–Kier alpha value is -2.58. The fourth-order valence-corrected chi connectivity index (χ4v) is 3.45. The minimum atomic E-state index is -3.71. The van der Waals surface area contributed by atoms with Crippen LogP contribution in [-0.4, -0.2) is 39.9 Å². The van der Waals surface area contributed by atoms with Crippen molar-refractivity contribution in [3.05, 3.63) is 59.1 Å². The number of anilines is 1. The summed E-state index contributed by atoms with van der Waals surface area (Å²) in [4.78, 5) is 12.2. The van der Waals surface area contributed by atoms with Crippen LogP contribution in [0.5, 0.6) is 5.75 Å². The minimum Gasteiger partial charge on any atom is -0.493 e. The lowest BCUT2D eigenvalue weighted by Gasteiger charge is -2.22. The van der Waals surface area contributed by atoms with Crippen LogP contribution < -0.4 is 14.5 Å². The molecule has 9 heteroatoms. The van der Waals surface area contributed by atoms with E-state index >= 15 is 0 Å². The van der Waals surface area contributed by atoms with Gasteiger partial charge in [0.1, 0.15) is 12.3 Å². The predicted octanol–water partition coefficient (Wildman–Crippen LogP) is 3.29. The van der Waals surface area contributed by atoms with Gasteiger partial charge in [0.15, 0.2) is 0 Å². The first kappa shape index (κ1) is 22.7. The Labute approximate surface area is 176 Å². The van der Waals surface area contributed by atoms with E-state index in [0.717, 1.165) is 21.9 Å². The van der Waals surface area contributed by atoms with Gasteiger partial charge in [-0.1, -0.05) is 37.6 Å². The molecule has 0 unspecified atom stereocenters. The van der Waals surface area contributed by atoms with E-state index in [2.05, 4.69) is 24.4 Å². The lowest BCUT2D eigenvalue weighted by Crippen LogP contribution is -2.39. The SMILES string of the molecule is CC(C)COc1ccc(/C=N\NC(=O)CN(c2ccccc2Cl)S(C)(=O)=O)cc1. The number of nitrogens with one attached hydrogen (secondary N) is 1. The van der Waals surface area contributed by atoms with Crippen molar-refractivity contribution in [2.75, 3.05) is 23.7 Å². The minimum absolute atomic E-state index is 0.229. The summed E-state index contributed by atoms with van der Waals surface area (Å²) < 4.78 is 30.7. The normalized spacial score (nSPS) is 11.6. The van der Waals surface area contributed by atoms with E-state index in [9.17, 15) is 13.2 Å². The van der Waals surface area contributed by atoms with Crippen LogP contribution in [-0.2, 0) is 14.8 Å².